The van der Waals surface area contributed by atoms with E-state index in [0.717, 1.165) is 19.6 Å². The van der Waals surface area contributed by atoms with E-state index in [-0.39, 0.29) is 6.04 Å². The summed E-state index contributed by atoms with van der Waals surface area (Å²) in [5, 5.41) is 0. The first-order valence-corrected chi connectivity index (χ1v) is 6.62. The van der Waals surface area contributed by atoms with Crippen LogP contribution >= 0.6 is 0 Å². The molecule has 2 unspecified atom stereocenters. The van der Waals surface area contributed by atoms with Gasteiger partial charge in [0.15, 0.2) is 0 Å². The van der Waals surface area contributed by atoms with E-state index < -0.39 is 0 Å². The predicted octanol–water partition coefficient (Wildman–Crippen LogP) is -0.106. The molecule has 5 heteroatoms. The highest BCUT2D eigenvalue weighted by atomic mass is 15.4. The number of aromatic nitrogens is 1. The summed E-state index contributed by atoms with van der Waals surface area (Å²) in [4.78, 5) is 9.36. The molecular weight excluding hydrogens is 226 g/mol. The van der Waals surface area contributed by atoms with Crippen LogP contribution < -0.4 is 11.3 Å². The molecule has 4 heterocycles. The molecule has 3 aliphatic heterocycles. The third-order valence-electron chi connectivity index (χ3n) is 4.14. The molecule has 0 saturated carbocycles. The second kappa shape index (κ2) is 4.93. The molecule has 5 nitrogen and oxygen atoms in total. The Hall–Kier alpha value is -1.01. The van der Waals surface area contributed by atoms with Gasteiger partial charge >= 0.3 is 0 Å². The van der Waals surface area contributed by atoms with Crippen molar-refractivity contribution in [3.8, 4) is 0 Å². The summed E-state index contributed by atoms with van der Waals surface area (Å²) in [5.41, 5.74) is 5.37. The molecule has 3 saturated heterocycles. The van der Waals surface area contributed by atoms with Gasteiger partial charge < -0.3 is 0 Å². The molecule has 4 rings (SSSR count). The normalized spacial score (nSPS) is 32.4. The van der Waals surface area contributed by atoms with E-state index in [4.69, 9.17) is 5.84 Å². The summed E-state index contributed by atoms with van der Waals surface area (Å²) >= 11 is 0. The smallest absolute Gasteiger partial charge is 0.0642 e. The van der Waals surface area contributed by atoms with E-state index in [2.05, 4.69) is 33.2 Å². The number of piperazine rings is 3. The second-order valence-electron chi connectivity index (χ2n) is 5.34. The van der Waals surface area contributed by atoms with E-state index in [9.17, 15) is 0 Å². The average Bonchev–Trinajstić information content (AvgIpc) is 2.41. The molecular formula is C13H21N5. The Morgan fingerprint density at radius 2 is 2.11 bits per heavy atom. The van der Waals surface area contributed by atoms with Crippen LogP contribution in [0.2, 0.25) is 0 Å². The van der Waals surface area contributed by atoms with Crippen LogP contribution in [0, 0.1) is 6.92 Å². The Morgan fingerprint density at radius 1 is 1.33 bits per heavy atom. The molecule has 1 aromatic heterocycles. The van der Waals surface area contributed by atoms with E-state index in [1.54, 1.807) is 0 Å². The number of nitrogens with zero attached hydrogens (tertiary/aromatic N) is 3. The second-order valence-corrected chi connectivity index (χ2v) is 5.34. The standard InChI is InChI=1S/C13H21N5/c1-10-6-11(8-15-7-10)13(16-14)12-9-17-2-4-18(12)5-3-17/h6-8,12-13,16H,2-5,9,14H2,1H3. The number of hydrogen-bond donors (Lipinski definition) is 2. The molecule has 2 atom stereocenters. The minimum Gasteiger partial charge on any atom is -0.299 e. The van der Waals surface area contributed by atoms with Gasteiger partial charge in [-0.3, -0.25) is 26.1 Å². The fourth-order valence-corrected chi connectivity index (χ4v) is 3.15. The van der Waals surface area contributed by atoms with Crippen LogP contribution in [-0.2, 0) is 0 Å². The van der Waals surface area contributed by atoms with Crippen LogP contribution in [0.25, 0.3) is 0 Å². The van der Waals surface area contributed by atoms with Gasteiger partial charge in [0.25, 0.3) is 0 Å². The molecule has 3 N–H and O–H groups in total. The summed E-state index contributed by atoms with van der Waals surface area (Å²) in [7, 11) is 0. The van der Waals surface area contributed by atoms with Gasteiger partial charge in [-0.1, -0.05) is 6.07 Å². The summed E-state index contributed by atoms with van der Waals surface area (Å²) in [6, 6.07) is 2.80. The van der Waals surface area contributed by atoms with Crippen molar-refractivity contribution in [3.63, 3.8) is 0 Å². The summed E-state index contributed by atoms with van der Waals surface area (Å²) in [5.74, 6) is 5.79. The highest BCUT2D eigenvalue weighted by Crippen LogP contribution is 2.26. The quantitative estimate of drug-likeness (QED) is 0.577. The maximum absolute atomic E-state index is 5.79. The zero-order chi connectivity index (χ0) is 12.5. The van der Waals surface area contributed by atoms with Crippen LogP contribution in [0.5, 0.6) is 0 Å². The maximum Gasteiger partial charge on any atom is 0.0642 e. The average molecular weight is 247 g/mol. The van der Waals surface area contributed by atoms with Gasteiger partial charge in [-0.15, -0.1) is 0 Å². The van der Waals surface area contributed by atoms with Crippen LogP contribution in [0.4, 0.5) is 0 Å². The lowest BCUT2D eigenvalue weighted by atomic mass is 9.95. The molecule has 0 radical (unpaired) electrons. The number of pyridine rings is 1. The number of hydrazine groups is 1. The lowest BCUT2D eigenvalue weighted by Gasteiger charge is -2.50. The zero-order valence-corrected chi connectivity index (χ0v) is 10.8. The molecule has 1 aromatic rings. The lowest BCUT2D eigenvalue weighted by Crippen LogP contribution is -2.64. The fraction of sp³-hybridized carbons (Fsp3) is 0.615. The monoisotopic (exact) mass is 247 g/mol. The van der Waals surface area contributed by atoms with Crippen LogP contribution in [0.1, 0.15) is 17.2 Å². The maximum atomic E-state index is 5.79. The van der Waals surface area contributed by atoms with E-state index in [1.165, 1.54) is 24.2 Å². The first kappa shape index (κ1) is 12.0. The number of hydrogen-bond acceptors (Lipinski definition) is 5. The van der Waals surface area contributed by atoms with Gasteiger partial charge in [-0.2, -0.15) is 0 Å². The van der Waals surface area contributed by atoms with Crippen LogP contribution in [0.3, 0.4) is 0 Å². The molecule has 3 aliphatic rings. The molecule has 18 heavy (non-hydrogen) atoms. The van der Waals surface area contributed by atoms with Gasteiger partial charge in [0.1, 0.15) is 0 Å². The lowest BCUT2D eigenvalue weighted by molar-refractivity contribution is -0.00374. The number of aryl methyl sites for hydroxylation is 1. The van der Waals surface area contributed by atoms with Gasteiger partial charge in [0.05, 0.1) is 6.04 Å². The molecule has 0 aliphatic carbocycles. The number of nitrogens with two attached hydrogens (primary N) is 1. The SMILES string of the molecule is Cc1cncc(C(NN)C2CN3CCN2CC3)c1. The molecule has 3 fully saturated rings. The Balaban J connectivity index is 1.84. The Morgan fingerprint density at radius 3 is 2.67 bits per heavy atom. The first-order chi connectivity index (χ1) is 8.78. The van der Waals surface area contributed by atoms with Crippen molar-refractivity contribution in [2.45, 2.75) is 19.0 Å². The van der Waals surface area contributed by atoms with Gasteiger partial charge in [-0.05, 0) is 18.1 Å². The Bertz CT molecular complexity index is 414. The van der Waals surface area contributed by atoms with Gasteiger partial charge in [-0.25, -0.2) is 0 Å². The zero-order valence-electron chi connectivity index (χ0n) is 10.8. The van der Waals surface area contributed by atoms with Gasteiger partial charge in [0, 0.05) is 51.2 Å². The topological polar surface area (TPSA) is 57.4 Å². The molecule has 0 amide bonds. The highest BCUT2D eigenvalue weighted by Gasteiger charge is 2.37. The van der Waals surface area contributed by atoms with Crippen molar-refractivity contribution < 1.29 is 0 Å². The number of rotatable bonds is 3. The van der Waals surface area contributed by atoms with E-state index in [0.29, 0.717) is 6.04 Å². The van der Waals surface area contributed by atoms with Crippen molar-refractivity contribution in [1.82, 2.24) is 20.2 Å². The highest BCUT2D eigenvalue weighted by molar-refractivity contribution is 5.22. The summed E-state index contributed by atoms with van der Waals surface area (Å²) < 4.78 is 0. The molecule has 2 bridgehead atoms. The number of nitrogens with one attached hydrogen (secondary N) is 1. The minimum absolute atomic E-state index is 0.167. The minimum atomic E-state index is 0.167. The van der Waals surface area contributed by atoms with Crippen molar-refractivity contribution >= 4 is 0 Å². The van der Waals surface area contributed by atoms with Crippen molar-refractivity contribution in [2.24, 2.45) is 5.84 Å². The van der Waals surface area contributed by atoms with Crippen LogP contribution in [-0.4, -0.2) is 53.5 Å². The van der Waals surface area contributed by atoms with Crippen molar-refractivity contribution in [2.75, 3.05) is 32.7 Å². The summed E-state index contributed by atoms with van der Waals surface area (Å²) in [6.45, 7) is 7.87. The third kappa shape index (κ3) is 2.14. The summed E-state index contributed by atoms with van der Waals surface area (Å²) in [6.07, 6.45) is 3.81. The predicted molar refractivity (Wildman–Crippen MR) is 70.8 cm³/mol. The molecule has 0 spiro atoms. The third-order valence-corrected chi connectivity index (χ3v) is 4.14. The van der Waals surface area contributed by atoms with Gasteiger partial charge in [0.2, 0.25) is 0 Å². The van der Waals surface area contributed by atoms with E-state index >= 15 is 0 Å². The largest absolute Gasteiger partial charge is 0.299 e. The number of fused-ring (bicyclic) bond motifs is 3. The Kier molecular flexibility index (Phi) is 3.30. The first-order valence-electron chi connectivity index (χ1n) is 6.62. The molecule has 0 aromatic carbocycles. The van der Waals surface area contributed by atoms with Crippen molar-refractivity contribution in [1.29, 1.82) is 0 Å². The van der Waals surface area contributed by atoms with E-state index in [1.807, 2.05) is 12.4 Å². The van der Waals surface area contributed by atoms with Crippen LogP contribution in [0.15, 0.2) is 18.5 Å². The Labute approximate surface area is 108 Å². The molecule has 98 valence electrons. The fourth-order valence-electron chi connectivity index (χ4n) is 3.15. The van der Waals surface area contributed by atoms with Crippen molar-refractivity contribution in [3.05, 3.63) is 29.6 Å².